The van der Waals surface area contributed by atoms with Gasteiger partial charge in [-0.15, -0.1) is 0 Å². The Kier molecular flexibility index (Phi) is 4.65. The van der Waals surface area contributed by atoms with Gasteiger partial charge in [-0.3, -0.25) is 14.4 Å². The van der Waals surface area contributed by atoms with Crippen molar-refractivity contribution in [2.75, 3.05) is 10.6 Å². The zero-order valence-corrected chi connectivity index (χ0v) is 13.3. The van der Waals surface area contributed by atoms with Crippen molar-refractivity contribution >= 4 is 29.1 Å². The molecule has 128 valence electrons. The van der Waals surface area contributed by atoms with Crippen LogP contribution in [0.1, 0.15) is 23.2 Å². The zero-order valence-electron chi connectivity index (χ0n) is 13.3. The molecule has 2 aromatic carbocycles. The molecule has 25 heavy (non-hydrogen) atoms. The Bertz CT molecular complexity index is 817. The van der Waals surface area contributed by atoms with E-state index < -0.39 is 6.04 Å². The third-order valence-electron chi connectivity index (χ3n) is 3.86. The molecule has 7 nitrogen and oxygen atoms in total. The summed E-state index contributed by atoms with van der Waals surface area (Å²) >= 11 is 0. The summed E-state index contributed by atoms with van der Waals surface area (Å²) in [5.74, 6) is -0.876. The quantitative estimate of drug-likeness (QED) is 0.638. The second kappa shape index (κ2) is 7.04. The number of carbonyl (C=O) groups excluding carboxylic acids is 3. The number of hydrogen-bond donors (Lipinski definition) is 4. The Morgan fingerprint density at radius 1 is 1.08 bits per heavy atom. The number of phenolic OH excluding ortho intramolecular Hbond substituents is 1. The highest BCUT2D eigenvalue weighted by Crippen LogP contribution is 2.19. The van der Waals surface area contributed by atoms with E-state index in [-0.39, 0.29) is 36.3 Å². The normalized spacial score (nSPS) is 16.2. The highest BCUT2D eigenvalue weighted by atomic mass is 16.3. The van der Waals surface area contributed by atoms with E-state index in [2.05, 4.69) is 16.0 Å². The summed E-state index contributed by atoms with van der Waals surface area (Å²) in [6, 6.07) is 12.0. The number of para-hydroxylation sites is 1. The number of nitrogens with one attached hydrogen (secondary N) is 3. The lowest BCUT2D eigenvalue weighted by Crippen LogP contribution is -2.41. The predicted octanol–water partition coefficient (Wildman–Crippen LogP) is 1.86. The summed E-state index contributed by atoms with van der Waals surface area (Å²) in [5.41, 5.74) is 1.40. The minimum absolute atomic E-state index is 0.0651. The van der Waals surface area contributed by atoms with Crippen molar-refractivity contribution in [3.8, 4) is 5.75 Å². The summed E-state index contributed by atoms with van der Waals surface area (Å²) < 4.78 is 0. The van der Waals surface area contributed by atoms with Crippen LogP contribution in [-0.2, 0) is 9.59 Å². The van der Waals surface area contributed by atoms with Gasteiger partial charge in [0.2, 0.25) is 11.8 Å². The highest BCUT2D eigenvalue weighted by Gasteiger charge is 2.27. The lowest BCUT2D eigenvalue weighted by atomic mass is 10.1. The third kappa shape index (κ3) is 3.95. The molecule has 1 heterocycles. The van der Waals surface area contributed by atoms with Gasteiger partial charge in [-0.1, -0.05) is 12.1 Å². The topological polar surface area (TPSA) is 108 Å². The fourth-order valence-corrected chi connectivity index (χ4v) is 2.56. The Balaban J connectivity index is 1.59. The van der Waals surface area contributed by atoms with Gasteiger partial charge in [-0.25, -0.2) is 0 Å². The van der Waals surface area contributed by atoms with Gasteiger partial charge in [-0.05, 0) is 42.8 Å². The van der Waals surface area contributed by atoms with E-state index in [9.17, 15) is 19.5 Å². The maximum atomic E-state index is 12.2. The first-order valence-electron chi connectivity index (χ1n) is 7.82. The number of amides is 3. The first kappa shape index (κ1) is 16.5. The van der Waals surface area contributed by atoms with Crippen molar-refractivity contribution < 1.29 is 19.5 Å². The molecular formula is C18H17N3O4. The molecule has 0 aromatic heterocycles. The number of hydrogen-bond acceptors (Lipinski definition) is 4. The molecule has 4 N–H and O–H groups in total. The van der Waals surface area contributed by atoms with Crippen molar-refractivity contribution in [3.05, 3.63) is 54.1 Å². The van der Waals surface area contributed by atoms with Gasteiger partial charge in [-0.2, -0.15) is 0 Å². The van der Waals surface area contributed by atoms with Crippen molar-refractivity contribution in [2.24, 2.45) is 0 Å². The SMILES string of the molecule is O=C(CC[C@H]1NC(=O)c2ccccc2NC1=O)Nc1ccc(O)cc1. The number of benzene rings is 2. The Morgan fingerprint density at radius 3 is 2.56 bits per heavy atom. The Morgan fingerprint density at radius 2 is 1.80 bits per heavy atom. The maximum Gasteiger partial charge on any atom is 0.254 e. The lowest BCUT2D eigenvalue weighted by Gasteiger charge is -2.14. The minimum Gasteiger partial charge on any atom is -0.508 e. The molecule has 0 unspecified atom stereocenters. The monoisotopic (exact) mass is 339 g/mol. The third-order valence-corrected chi connectivity index (χ3v) is 3.86. The number of carbonyl (C=O) groups is 3. The van der Waals surface area contributed by atoms with Crippen LogP contribution in [0.2, 0.25) is 0 Å². The number of fused-ring (bicyclic) bond motifs is 1. The van der Waals surface area contributed by atoms with Crippen LogP contribution >= 0.6 is 0 Å². The van der Waals surface area contributed by atoms with Gasteiger partial charge in [0.05, 0.1) is 11.3 Å². The zero-order chi connectivity index (χ0) is 17.8. The average molecular weight is 339 g/mol. The minimum atomic E-state index is -0.787. The molecule has 1 aliphatic rings. The molecule has 0 fully saturated rings. The molecule has 0 saturated heterocycles. The summed E-state index contributed by atoms with van der Waals surface area (Å²) in [5, 5.41) is 17.2. The first-order valence-corrected chi connectivity index (χ1v) is 7.82. The molecule has 0 radical (unpaired) electrons. The van der Waals surface area contributed by atoms with Crippen LogP contribution in [0.3, 0.4) is 0 Å². The largest absolute Gasteiger partial charge is 0.508 e. The number of aromatic hydroxyl groups is 1. The number of rotatable bonds is 4. The van der Waals surface area contributed by atoms with Gasteiger partial charge in [0.1, 0.15) is 11.8 Å². The van der Waals surface area contributed by atoms with E-state index in [0.717, 1.165) is 0 Å². The van der Waals surface area contributed by atoms with E-state index in [0.29, 0.717) is 16.9 Å². The average Bonchev–Trinajstić information content (AvgIpc) is 2.72. The molecule has 3 rings (SSSR count). The fraction of sp³-hybridized carbons (Fsp3) is 0.167. The van der Waals surface area contributed by atoms with E-state index in [1.165, 1.54) is 12.1 Å². The molecule has 3 amide bonds. The molecule has 1 atom stereocenters. The fourth-order valence-electron chi connectivity index (χ4n) is 2.56. The smallest absolute Gasteiger partial charge is 0.254 e. The molecular weight excluding hydrogens is 322 g/mol. The molecule has 2 aromatic rings. The predicted molar refractivity (Wildman–Crippen MR) is 92.3 cm³/mol. The van der Waals surface area contributed by atoms with E-state index in [1.54, 1.807) is 36.4 Å². The maximum absolute atomic E-state index is 12.2. The van der Waals surface area contributed by atoms with Gasteiger partial charge in [0.15, 0.2) is 0 Å². The van der Waals surface area contributed by atoms with Crippen LogP contribution < -0.4 is 16.0 Å². The molecule has 0 saturated carbocycles. The van der Waals surface area contributed by atoms with Crippen LogP contribution in [0.15, 0.2) is 48.5 Å². The molecule has 0 aliphatic carbocycles. The summed E-state index contributed by atoms with van der Waals surface area (Å²) in [6.45, 7) is 0. The van der Waals surface area contributed by atoms with Crippen LogP contribution in [0.25, 0.3) is 0 Å². The lowest BCUT2D eigenvalue weighted by molar-refractivity contribution is -0.118. The highest BCUT2D eigenvalue weighted by molar-refractivity contribution is 6.09. The first-order chi connectivity index (χ1) is 12.0. The van der Waals surface area contributed by atoms with E-state index in [4.69, 9.17) is 0 Å². The van der Waals surface area contributed by atoms with Crippen molar-refractivity contribution in [3.63, 3.8) is 0 Å². The number of phenols is 1. The van der Waals surface area contributed by atoms with Gasteiger partial charge < -0.3 is 21.1 Å². The Labute approximate surface area is 144 Å². The molecule has 0 spiro atoms. The van der Waals surface area contributed by atoms with Gasteiger partial charge in [0, 0.05) is 12.1 Å². The summed E-state index contributed by atoms with van der Waals surface area (Å²) in [7, 11) is 0. The van der Waals surface area contributed by atoms with Crippen LogP contribution in [0.5, 0.6) is 5.75 Å². The second-order valence-corrected chi connectivity index (χ2v) is 5.69. The van der Waals surface area contributed by atoms with Crippen LogP contribution in [0, 0.1) is 0 Å². The van der Waals surface area contributed by atoms with E-state index in [1.807, 2.05) is 0 Å². The van der Waals surface area contributed by atoms with Crippen molar-refractivity contribution in [1.29, 1.82) is 0 Å². The molecule has 1 aliphatic heterocycles. The summed E-state index contributed by atoms with van der Waals surface area (Å²) in [6.07, 6.45) is 0.241. The van der Waals surface area contributed by atoms with Crippen molar-refractivity contribution in [1.82, 2.24) is 5.32 Å². The van der Waals surface area contributed by atoms with Crippen LogP contribution in [0.4, 0.5) is 11.4 Å². The van der Waals surface area contributed by atoms with Crippen LogP contribution in [-0.4, -0.2) is 28.9 Å². The molecule has 0 bridgehead atoms. The van der Waals surface area contributed by atoms with E-state index >= 15 is 0 Å². The van der Waals surface area contributed by atoms with Gasteiger partial charge in [0.25, 0.3) is 5.91 Å². The van der Waals surface area contributed by atoms with Gasteiger partial charge >= 0.3 is 0 Å². The molecule has 7 heteroatoms. The second-order valence-electron chi connectivity index (χ2n) is 5.69. The summed E-state index contributed by atoms with van der Waals surface area (Å²) in [4.78, 5) is 36.5. The Hall–Kier alpha value is -3.35. The van der Waals surface area contributed by atoms with Crippen molar-refractivity contribution in [2.45, 2.75) is 18.9 Å². The standard InChI is InChI=1S/C18H17N3O4/c22-12-7-5-11(6-8-12)19-16(23)10-9-15-18(25)20-14-4-2-1-3-13(14)17(24)21-15/h1-8,15,22H,9-10H2,(H,19,23)(H,20,25)(H,21,24)/t15-/m1/s1. The number of anilines is 2.